The van der Waals surface area contributed by atoms with E-state index in [2.05, 4.69) is 15.3 Å². The first kappa shape index (κ1) is 12.9. The van der Waals surface area contributed by atoms with Crippen LogP contribution in [0.15, 0.2) is 0 Å². The van der Waals surface area contributed by atoms with E-state index in [9.17, 15) is 12.6 Å². The summed E-state index contributed by atoms with van der Waals surface area (Å²) in [5.41, 5.74) is 0. The first-order chi connectivity index (χ1) is 6.83. The van der Waals surface area contributed by atoms with Crippen LogP contribution in [0.3, 0.4) is 0 Å². The Labute approximate surface area is 91.4 Å². The molecule has 0 amide bonds. The molecular formula is C7H17N3O3S2. The molecule has 15 heavy (non-hydrogen) atoms. The van der Waals surface area contributed by atoms with Gasteiger partial charge in [0.25, 0.3) is 10.2 Å². The fourth-order valence-electron chi connectivity index (χ4n) is 1.20. The maximum absolute atomic E-state index is 10.8. The van der Waals surface area contributed by atoms with Gasteiger partial charge in [-0.3, -0.25) is 4.21 Å². The zero-order chi connectivity index (χ0) is 11.5. The second kappa shape index (κ2) is 4.79. The Balaban J connectivity index is 0.000000151. The zero-order valence-electron chi connectivity index (χ0n) is 8.73. The molecule has 0 saturated carbocycles. The summed E-state index contributed by atoms with van der Waals surface area (Å²) < 4.78 is 38.4. The number of nitrogens with zero attached hydrogens (tertiary/aromatic N) is 1. The predicted molar refractivity (Wildman–Crippen MR) is 62.3 cm³/mol. The van der Waals surface area contributed by atoms with Crippen molar-refractivity contribution in [2.45, 2.75) is 6.42 Å². The molecule has 8 heteroatoms. The topological polar surface area (TPSA) is 78.5 Å². The second-order valence-corrected chi connectivity index (χ2v) is 7.67. The van der Waals surface area contributed by atoms with E-state index in [1.807, 2.05) is 0 Å². The molecule has 0 bridgehead atoms. The number of hydrogen-bond acceptors (Lipinski definition) is 3. The van der Waals surface area contributed by atoms with E-state index >= 15 is 0 Å². The summed E-state index contributed by atoms with van der Waals surface area (Å²) in [5.74, 6) is 4.24. The number of nitrogens with one attached hydrogen (secondary N) is 2. The summed E-state index contributed by atoms with van der Waals surface area (Å²) in [6.45, 7) is 2.00. The van der Waals surface area contributed by atoms with Crippen LogP contribution in [0.5, 0.6) is 0 Å². The molecule has 1 unspecified atom stereocenters. The van der Waals surface area contributed by atoms with Crippen LogP contribution in [0.1, 0.15) is 6.42 Å². The van der Waals surface area contributed by atoms with Crippen molar-refractivity contribution in [3.8, 4) is 0 Å². The van der Waals surface area contributed by atoms with Crippen molar-refractivity contribution in [2.75, 3.05) is 32.4 Å². The quantitative estimate of drug-likeness (QED) is 0.511. The minimum atomic E-state index is -3.04. The highest BCUT2D eigenvalue weighted by Gasteiger charge is 2.22. The van der Waals surface area contributed by atoms with Crippen molar-refractivity contribution < 1.29 is 12.6 Å². The van der Waals surface area contributed by atoms with Gasteiger partial charge in [-0.2, -0.15) is 12.7 Å². The van der Waals surface area contributed by atoms with Gasteiger partial charge in [0.15, 0.2) is 0 Å². The fraction of sp³-hybridized carbons (Fsp3) is 0.857. The van der Waals surface area contributed by atoms with E-state index in [-0.39, 0.29) is 0 Å². The van der Waals surface area contributed by atoms with E-state index in [0.717, 1.165) is 18.7 Å². The van der Waals surface area contributed by atoms with Gasteiger partial charge >= 0.3 is 0 Å². The molecule has 0 spiro atoms. The Morgan fingerprint density at radius 3 is 2.00 bits per heavy atom. The Morgan fingerprint density at radius 2 is 1.87 bits per heavy atom. The summed E-state index contributed by atoms with van der Waals surface area (Å²) in [4.78, 5) is 0. The smallest absolute Gasteiger partial charge is 0.253 e. The van der Waals surface area contributed by atoms with Gasteiger partial charge in [0.1, 0.15) is 0 Å². The normalized spacial score (nSPS) is 34.7. The minimum absolute atomic E-state index is 0.541. The summed E-state index contributed by atoms with van der Waals surface area (Å²) in [5, 5.41) is 0. The van der Waals surface area contributed by atoms with E-state index < -0.39 is 19.9 Å². The summed E-state index contributed by atoms with van der Waals surface area (Å²) in [6, 6.07) is 0. The highest BCUT2D eigenvalue weighted by Crippen LogP contribution is 1.97. The maximum atomic E-state index is 10.8. The lowest BCUT2D eigenvalue weighted by Gasteiger charge is -2.01. The van der Waals surface area contributed by atoms with Crippen LogP contribution in [0.4, 0.5) is 0 Å². The monoisotopic (exact) mass is 255 g/mol. The highest BCUT2D eigenvalue weighted by molar-refractivity contribution is 7.98. The van der Waals surface area contributed by atoms with Crippen LogP contribution in [0, 0.1) is 0 Å². The number of hydrogen-bond donors (Lipinski definition) is 2. The maximum Gasteiger partial charge on any atom is 0.279 e. The SMILES string of the molecule is C=S1(=O)CCCN1.CN1CCNS1(=O)=O. The Morgan fingerprint density at radius 1 is 1.20 bits per heavy atom. The van der Waals surface area contributed by atoms with Crippen LogP contribution in [-0.2, 0) is 19.9 Å². The minimum Gasteiger partial charge on any atom is -0.253 e. The van der Waals surface area contributed by atoms with E-state index in [1.165, 1.54) is 4.31 Å². The van der Waals surface area contributed by atoms with Gasteiger partial charge < -0.3 is 0 Å². The van der Waals surface area contributed by atoms with Crippen LogP contribution < -0.4 is 9.44 Å². The summed E-state index contributed by atoms with van der Waals surface area (Å²) in [7, 11) is -3.29. The van der Waals surface area contributed by atoms with Crippen LogP contribution >= 0.6 is 0 Å². The molecule has 0 aromatic carbocycles. The molecule has 2 heterocycles. The Kier molecular flexibility index (Phi) is 4.13. The molecular weight excluding hydrogens is 238 g/mol. The van der Waals surface area contributed by atoms with Crippen molar-refractivity contribution in [2.24, 2.45) is 0 Å². The zero-order valence-corrected chi connectivity index (χ0v) is 10.4. The van der Waals surface area contributed by atoms with Crippen molar-refractivity contribution >= 4 is 25.8 Å². The van der Waals surface area contributed by atoms with E-state index in [1.54, 1.807) is 7.05 Å². The molecule has 0 aromatic heterocycles. The van der Waals surface area contributed by atoms with Crippen LogP contribution in [-0.4, -0.2) is 55.2 Å². The van der Waals surface area contributed by atoms with Crippen molar-refractivity contribution in [1.82, 2.24) is 13.7 Å². The molecule has 2 aliphatic rings. The van der Waals surface area contributed by atoms with E-state index in [4.69, 9.17) is 0 Å². The molecule has 6 nitrogen and oxygen atoms in total. The molecule has 0 aliphatic carbocycles. The third-order valence-corrected chi connectivity index (χ3v) is 5.39. The summed E-state index contributed by atoms with van der Waals surface area (Å²) in [6.07, 6.45) is 1.02. The van der Waals surface area contributed by atoms with Crippen LogP contribution in [0.2, 0.25) is 0 Å². The highest BCUT2D eigenvalue weighted by atomic mass is 32.2. The fourth-order valence-corrected chi connectivity index (χ4v) is 3.37. The lowest BCUT2D eigenvalue weighted by atomic mass is 10.5. The molecule has 0 aromatic rings. The van der Waals surface area contributed by atoms with Gasteiger partial charge in [0, 0.05) is 42.1 Å². The third-order valence-electron chi connectivity index (χ3n) is 2.14. The van der Waals surface area contributed by atoms with Gasteiger partial charge in [-0.25, -0.2) is 9.44 Å². The molecule has 2 saturated heterocycles. The molecule has 1 atom stereocenters. The molecule has 90 valence electrons. The molecule has 2 fully saturated rings. The lowest BCUT2D eigenvalue weighted by molar-refractivity contribution is 0.511. The standard InChI is InChI=1S/C4H9NOS.C3H8N2O2S/c1-7(6)4-2-3-5-7;1-5-3-2-4-8(5,6)7/h1-4H2,(H,5,6);4H,2-3H2,1H3. The predicted octanol–water partition coefficient (Wildman–Crippen LogP) is -1.62. The van der Waals surface area contributed by atoms with Crippen LogP contribution in [0.25, 0.3) is 0 Å². The Bertz CT molecular complexity index is 389. The van der Waals surface area contributed by atoms with Gasteiger partial charge in [-0.15, -0.1) is 0 Å². The third kappa shape index (κ3) is 4.07. The average molecular weight is 255 g/mol. The number of rotatable bonds is 0. The first-order valence-corrected chi connectivity index (χ1v) is 7.98. The van der Waals surface area contributed by atoms with E-state index in [0.29, 0.717) is 13.1 Å². The molecule has 0 radical (unpaired) electrons. The first-order valence-electron chi connectivity index (χ1n) is 4.64. The van der Waals surface area contributed by atoms with Gasteiger partial charge in [0.2, 0.25) is 0 Å². The van der Waals surface area contributed by atoms with Crippen molar-refractivity contribution in [3.05, 3.63) is 0 Å². The van der Waals surface area contributed by atoms with Crippen molar-refractivity contribution in [1.29, 1.82) is 0 Å². The molecule has 2 N–H and O–H groups in total. The molecule has 2 aliphatic heterocycles. The second-order valence-electron chi connectivity index (χ2n) is 3.48. The van der Waals surface area contributed by atoms with Crippen molar-refractivity contribution in [3.63, 3.8) is 0 Å². The lowest BCUT2D eigenvalue weighted by Crippen LogP contribution is -2.25. The van der Waals surface area contributed by atoms with Gasteiger partial charge in [0.05, 0.1) is 0 Å². The average Bonchev–Trinajstić information content (AvgIpc) is 2.61. The summed E-state index contributed by atoms with van der Waals surface area (Å²) >= 11 is 0. The largest absolute Gasteiger partial charge is 0.279 e. The Hall–Kier alpha value is -0.150. The van der Waals surface area contributed by atoms with Gasteiger partial charge in [-0.1, -0.05) is 0 Å². The molecule has 2 rings (SSSR count). The van der Waals surface area contributed by atoms with Gasteiger partial charge in [-0.05, 0) is 12.3 Å². The number of likely N-dealkylation sites (N-methyl/N-ethyl adjacent to an activating group) is 1.